The number of likely N-dealkylation sites (N-methyl/N-ethyl adjacent to an activating group) is 1. The first-order valence-electron chi connectivity index (χ1n) is 8.78. The van der Waals surface area contributed by atoms with E-state index >= 15 is 0 Å². The Morgan fingerprint density at radius 3 is 2.56 bits per heavy atom. The molecular weight excluding hydrogens is 318 g/mol. The van der Waals surface area contributed by atoms with Crippen LogP contribution in [-0.2, 0) is 11.3 Å². The molecule has 0 saturated heterocycles. The summed E-state index contributed by atoms with van der Waals surface area (Å²) >= 11 is 0. The van der Waals surface area contributed by atoms with Gasteiger partial charge in [0, 0.05) is 25.3 Å². The van der Waals surface area contributed by atoms with E-state index in [1.54, 1.807) is 4.90 Å². The molecule has 7 nitrogen and oxygen atoms in total. The molecule has 0 unspecified atom stereocenters. The molecule has 0 radical (unpaired) electrons. The standard InChI is InChI=1S/C18H25N5O2/c1-13-3-7-15(8-4-13)18-19-21-23(20-18)11-17(25)22(2)16-9-5-14(12-24)6-10-16/h3-4,7-8,14,16,24H,5-6,9-12H2,1-2H3. The third-order valence-electron chi connectivity index (χ3n) is 5.05. The molecule has 1 aliphatic rings. The van der Waals surface area contributed by atoms with Gasteiger partial charge in [-0.3, -0.25) is 4.79 Å². The van der Waals surface area contributed by atoms with Gasteiger partial charge in [0.25, 0.3) is 0 Å². The van der Waals surface area contributed by atoms with Crippen LogP contribution in [-0.4, -0.2) is 55.8 Å². The molecule has 0 atom stereocenters. The van der Waals surface area contributed by atoms with Crippen LogP contribution in [0.1, 0.15) is 31.2 Å². The lowest BCUT2D eigenvalue weighted by Gasteiger charge is -2.34. The third-order valence-corrected chi connectivity index (χ3v) is 5.05. The molecule has 1 fully saturated rings. The summed E-state index contributed by atoms with van der Waals surface area (Å²) in [6, 6.07) is 8.12. The number of rotatable bonds is 5. The van der Waals surface area contributed by atoms with Gasteiger partial charge in [0.1, 0.15) is 6.54 Å². The third kappa shape index (κ3) is 4.22. The van der Waals surface area contributed by atoms with Gasteiger partial charge in [0.05, 0.1) is 0 Å². The van der Waals surface area contributed by atoms with Gasteiger partial charge in [-0.1, -0.05) is 29.8 Å². The Morgan fingerprint density at radius 2 is 1.92 bits per heavy atom. The number of carbonyl (C=O) groups is 1. The predicted octanol–water partition coefficient (Wildman–Crippen LogP) is 1.66. The van der Waals surface area contributed by atoms with Crippen molar-refractivity contribution in [2.45, 2.75) is 45.2 Å². The summed E-state index contributed by atoms with van der Waals surface area (Å²) in [6.45, 7) is 2.36. The zero-order valence-corrected chi connectivity index (χ0v) is 14.8. The van der Waals surface area contributed by atoms with Gasteiger partial charge in [-0.25, -0.2) is 0 Å². The lowest BCUT2D eigenvalue weighted by atomic mass is 9.86. The first-order valence-corrected chi connectivity index (χ1v) is 8.78. The van der Waals surface area contributed by atoms with Crippen molar-refractivity contribution in [3.05, 3.63) is 29.8 Å². The number of hydrogen-bond donors (Lipinski definition) is 1. The van der Waals surface area contributed by atoms with Crippen molar-refractivity contribution in [2.75, 3.05) is 13.7 Å². The Morgan fingerprint density at radius 1 is 1.24 bits per heavy atom. The van der Waals surface area contributed by atoms with E-state index in [1.165, 1.54) is 10.4 Å². The lowest BCUT2D eigenvalue weighted by molar-refractivity contribution is -0.133. The second-order valence-electron chi connectivity index (χ2n) is 6.87. The summed E-state index contributed by atoms with van der Waals surface area (Å²) in [5.41, 5.74) is 2.06. The summed E-state index contributed by atoms with van der Waals surface area (Å²) in [6.07, 6.45) is 3.82. The molecule has 1 amide bonds. The smallest absolute Gasteiger partial charge is 0.246 e. The normalized spacial score (nSPS) is 20.4. The van der Waals surface area contributed by atoms with E-state index < -0.39 is 0 Å². The van der Waals surface area contributed by atoms with Crippen LogP contribution in [0, 0.1) is 12.8 Å². The molecule has 1 aliphatic carbocycles. The van der Waals surface area contributed by atoms with E-state index in [1.807, 2.05) is 38.2 Å². The Kier molecular flexibility index (Phi) is 5.43. The second-order valence-corrected chi connectivity index (χ2v) is 6.87. The van der Waals surface area contributed by atoms with Crippen LogP contribution in [0.5, 0.6) is 0 Å². The SMILES string of the molecule is Cc1ccc(-c2nnn(CC(=O)N(C)C3CCC(CO)CC3)n2)cc1. The fraction of sp³-hybridized carbons (Fsp3) is 0.556. The zero-order valence-electron chi connectivity index (χ0n) is 14.8. The highest BCUT2D eigenvalue weighted by Gasteiger charge is 2.26. The summed E-state index contributed by atoms with van der Waals surface area (Å²) in [4.78, 5) is 15.6. The molecule has 2 aromatic rings. The number of aryl methyl sites for hydroxylation is 1. The topological polar surface area (TPSA) is 84.1 Å². The highest BCUT2D eigenvalue weighted by molar-refractivity contribution is 5.75. The number of tetrazole rings is 1. The second kappa shape index (κ2) is 7.74. The summed E-state index contributed by atoms with van der Waals surface area (Å²) in [7, 11) is 1.84. The van der Waals surface area contributed by atoms with Crippen molar-refractivity contribution in [1.82, 2.24) is 25.1 Å². The van der Waals surface area contributed by atoms with Crippen molar-refractivity contribution < 1.29 is 9.90 Å². The zero-order chi connectivity index (χ0) is 17.8. The molecule has 0 spiro atoms. The van der Waals surface area contributed by atoms with Gasteiger partial charge >= 0.3 is 0 Å². The van der Waals surface area contributed by atoms with E-state index in [0.717, 1.165) is 31.2 Å². The number of hydrogen-bond acceptors (Lipinski definition) is 5. The van der Waals surface area contributed by atoms with Gasteiger partial charge in [-0.05, 0) is 43.7 Å². The van der Waals surface area contributed by atoms with E-state index in [0.29, 0.717) is 11.7 Å². The number of nitrogens with zero attached hydrogens (tertiary/aromatic N) is 5. The number of aliphatic hydroxyl groups excluding tert-OH is 1. The number of aromatic nitrogens is 4. The molecule has 3 rings (SSSR count). The van der Waals surface area contributed by atoms with Crippen molar-refractivity contribution in [2.24, 2.45) is 5.92 Å². The first-order chi connectivity index (χ1) is 12.1. The van der Waals surface area contributed by atoms with Crippen molar-refractivity contribution in [3.8, 4) is 11.4 Å². The molecule has 0 aliphatic heterocycles. The van der Waals surface area contributed by atoms with Crippen LogP contribution in [0.25, 0.3) is 11.4 Å². The highest BCUT2D eigenvalue weighted by Crippen LogP contribution is 2.26. The molecule has 1 N–H and O–H groups in total. The first kappa shape index (κ1) is 17.5. The maximum absolute atomic E-state index is 12.5. The average molecular weight is 343 g/mol. The van der Waals surface area contributed by atoms with E-state index in [4.69, 9.17) is 0 Å². The highest BCUT2D eigenvalue weighted by atomic mass is 16.3. The number of amides is 1. The van der Waals surface area contributed by atoms with Gasteiger partial charge < -0.3 is 10.0 Å². The van der Waals surface area contributed by atoms with E-state index in [9.17, 15) is 9.90 Å². The number of aliphatic hydroxyl groups is 1. The maximum atomic E-state index is 12.5. The van der Waals surface area contributed by atoms with Gasteiger partial charge in [0.15, 0.2) is 0 Å². The van der Waals surface area contributed by atoms with Gasteiger partial charge in [0.2, 0.25) is 11.7 Å². The molecule has 25 heavy (non-hydrogen) atoms. The van der Waals surface area contributed by atoms with Crippen LogP contribution >= 0.6 is 0 Å². The Hall–Kier alpha value is -2.28. The maximum Gasteiger partial charge on any atom is 0.246 e. The van der Waals surface area contributed by atoms with Crippen LogP contribution in [0.4, 0.5) is 0 Å². The minimum absolute atomic E-state index is 0.0136. The quantitative estimate of drug-likeness (QED) is 0.892. The summed E-state index contributed by atoms with van der Waals surface area (Å²) in [5.74, 6) is 0.896. The predicted molar refractivity (Wildman–Crippen MR) is 93.6 cm³/mol. The fourth-order valence-corrected chi connectivity index (χ4v) is 3.28. The molecule has 1 heterocycles. The number of carbonyl (C=O) groups excluding carboxylic acids is 1. The van der Waals surface area contributed by atoms with Crippen molar-refractivity contribution >= 4 is 5.91 Å². The fourth-order valence-electron chi connectivity index (χ4n) is 3.28. The lowest BCUT2D eigenvalue weighted by Crippen LogP contribution is -2.41. The molecule has 0 bridgehead atoms. The van der Waals surface area contributed by atoms with E-state index in [-0.39, 0.29) is 25.1 Å². The Balaban J connectivity index is 1.59. The molecule has 1 saturated carbocycles. The average Bonchev–Trinajstić information content (AvgIpc) is 3.10. The minimum atomic E-state index is -0.0136. The Bertz CT molecular complexity index is 705. The molecule has 134 valence electrons. The van der Waals surface area contributed by atoms with Crippen molar-refractivity contribution in [1.29, 1.82) is 0 Å². The summed E-state index contributed by atoms with van der Waals surface area (Å²) in [5, 5.41) is 21.6. The number of benzene rings is 1. The largest absolute Gasteiger partial charge is 0.396 e. The van der Waals surface area contributed by atoms with Gasteiger partial charge in [-0.2, -0.15) is 4.80 Å². The molecule has 7 heteroatoms. The van der Waals surface area contributed by atoms with Crippen LogP contribution < -0.4 is 0 Å². The van der Waals surface area contributed by atoms with Crippen LogP contribution in [0.2, 0.25) is 0 Å². The monoisotopic (exact) mass is 343 g/mol. The van der Waals surface area contributed by atoms with Crippen LogP contribution in [0.3, 0.4) is 0 Å². The Labute approximate surface area is 147 Å². The van der Waals surface area contributed by atoms with Crippen LogP contribution in [0.15, 0.2) is 24.3 Å². The minimum Gasteiger partial charge on any atom is -0.396 e. The van der Waals surface area contributed by atoms with Gasteiger partial charge in [-0.15, -0.1) is 10.2 Å². The molecular formula is C18H25N5O2. The summed E-state index contributed by atoms with van der Waals surface area (Å²) < 4.78 is 0. The molecule has 1 aromatic heterocycles. The van der Waals surface area contributed by atoms with E-state index in [2.05, 4.69) is 15.4 Å². The van der Waals surface area contributed by atoms with Crippen molar-refractivity contribution in [3.63, 3.8) is 0 Å². The molecule has 1 aromatic carbocycles.